The molecule has 3 atom stereocenters. The molecule has 1 amide bonds. The zero-order chi connectivity index (χ0) is 49.9. The van der Waals surface area contributed by atoms with Crippen LogP contribution in [0.4, 0.5) is 0 Å². The molecule has 0 rings (SSSR count). The Morgan fingerprint density at radius 2 is 0.794 bits per heavy atom. The van der Waals surface area contributed by atoms with Crippen molar-refractivity contribution in [2.75, 3.05) is 40.9 Å². The van der Waals surface area contributed by atoms with Crippen molar-refractivity contribution in [2.45, 2.75) is 321 Å². The maximum Gasteiger partial charge on any atom is 0.472 e. The number of amides is 1. The van der Waals surface area contributed by atoms with E-state index in [9.17, 15) is 19.4 Å². The Hall–Kier alpha value is -0.760. The van der Waals surface area contributed by atoms with Crippen molar-refractivity contribution in [3.05, 3.63) is 12.2 Å². The molecule has 0 heterocycles. The number of quaternary nitrogens is 1. The zero-order valence-corrected chi connectivity index (χ0v) is 47.3. The number of hydrogen-bond donors (Lipinski definition) is 3. The molecule has 0 bridgehead atoms. The van der Waals surface area contributed by atoms with Gasteiger partial charge in [-0.1, -0.05) is 276 Å². The molecular formula is C59H120N2O6P+. The summed E-state index contributed by atoms with van der Waals surface area (Å²) in [6, 6.07) is -0.756. The highest BCUT2D eigenvalue weighted by atomic mass is 31.2. The first-order chi connectivity index (χ1) is 33.0. The number of carbonyl (C=O) groups excluding carboxylic acids is 1. The third kappa shape index (κ3) is 53.0. The smallest absolute Gasteiger partial charge is 0.391 e. The van der Waals surface area contributed by atoms with Gasteiger partial charge in [0.05, 0.1) is 39.9 Å². The van der Waals surface area contributed by atoms with Crippen LogP contribution in [-0.4, -0.2) is 73.4 Å². The first kappa shape index (κ1) is 67.2. The normalized spacial score (nSPS) is 13.9. The Labute approximate surface area is 424 Å². The molecule has 0 saturated carbocycles. The number of phosphoric acid groups is 1. The summed E-state index contributed by atoms with van der Waals surface area (Å²) in [4.78, 5) is 23.3. The van der Waals surface area contributed by atoms with Crippen LogP contribution in [0.5, 0.6) is 0 Å². The molecule has 0 aliphatic carbocycles. The lowest BCUT2D eigenvalue weighted by Crippen LogP contribution is -2.46. The first-order valence-corrected chi connectivity index (χ1v) is 31.5. The van der Waals surface area contributed by atoms with Crippen LogP contribution in [0.25, 0.3) is 0 Å². The first-order valence-electron chi connectivity index (χ1n) is 30.1. The van der Waals surface area contributed by atoms with E-state index in [2.05, 4.69) is 31.3 Å². The van der Waals surface area contributed by atoms with Gasteiger partial charge in [-0.2, -0.15) is 0 Å². The molecule has 8 nitrogen and oxygen atoms in total. The molecule has 406 valence electrons. The number of aliphatic hydroxyl groups excluding tert-OH is 1. The van der Waals surface area contributed by atoms with Crippen LogP contribution in [0.1, 0.15) is 309 Å². The molecule has 0 radical (unpaired) electrons. The van der Waals surface area contributed by atoms with E-state index in [1.165, 1.54) is 244 Å². The van der Waals surface area contributed by atoms with E-state index >= 15 is 0 Å². The quantitative estimate of drug-likeness (QED) is 0.0243. The second kappa shape index (κ2) is 51.2. The number of aliphatic hydroxyl groups is 1. The summed E-state index contributed by atoms with van der Waals surface area (Å²) in [5, 5.41) is 14.1. The summed E-state index contributed by atoms with van der Waals surface area (Å²) in [6.07, 6.45) is 62.8. The van der Waals surface area contributed by atoms with Crippen LogP contribution >= 0.6 is 7.82 Å². The van der Waals surface area contributed by atoms with Crippen molar-refractivity contribution in [3.63, 3.8) is 0 Å². The number of likely N-dealkylation sites (N-methyl/N-ethyl adjacent to an activating group) is 1. The molecule has 0 aromatic carbocycles. The molecule has 3 N–H and O–H groups in total. The van der Waals surface area contributed by atoms with Crippen LogP contribution in [0.3, 0.4) is 0 Å². The lowest BCUT2D eigenvalue weighted by atomic mass is 10.0. The Kier molecular flexibility index (Phi) is 50.6. The van der Waals surface area contributed by atoms with Gasteiger partial charge in [-0.25, -0.2) is 4.57 Å². The van der Waals surface area contributed by atoms with E-state index in [4.69, 9.17) is 9.05 Å². The molecular weight excluding hydrogens is 864 g/mol. The number of hydrogen-bond acceptors (Lipinski definition) is 5. The van der Waals surface area contributed by atoms with E-state index < -0.39 is 20.0 Å². The topological polar surface area (TPSA) is 105 Å². The van der Waals surface area contributed by atoms with Crippen LogP contribution in [0, 0.1) is 0 Å². The SMILES string of the molecule is CCCCCCCCCC/C=C\CCCCCCCCCCCCCCCCCCCCCC(=O)NC(COP(=O)(O)OCC[N+](C)(C)C)C(O)CCCCCCCCCCCCCCCCC. The second-order valence-corrected chi connectivity index (χ2v) is 23.5. The van der Waals surface area contributed by atoms with E-state index in [1.807, 2.05) is 21.1 Å². The van der Waals surface area contributed by atoms with Gasteiger partial charge in [0, 0.05) is 6.42 Å². The average molecular weight is 985 g/mol. The van der Waals surface area contributed by atoms with Gasteiger partial charge in [0.15, 0.2) is 0 Å². The van der Waals surface area contributed by atoms with E-state index in [1.54, 1.807) is 0 Å². The van der Waals surface area contributed by atoms with E-state index in [0.717, 1.165) is 38.5 Å². The summed E-state index contributed by atoms with van der Waals surface area (Å²) < 4.78 is 23.8. The molecule has 0 spiro atoms. The number of phosphoric ester groups is 1. The van der Waals surface area contributed by atoms with E-state index in [0.29, 0.717) is 23.9 Å². The standard InChI is InChI=1S/C59H119N2O6P/c1-6-8-10-12-14-16-18-20-22-23-24-25-26-27-28-29-30-31-32-33-34-35-36-37-39-41-43-45-47-49-51-53-59(63)60-57(56-67-68(64,65)66-55-54-61(3,4)5)58(62)52-50-48-46-44-42-40-38-21-19-17-15-13-11-9-7-2/h23-24,57-58,62H,6-22,25-56H2,1-5H3,(H-,60,63,64,65)/p+1/b24-23-. The largest absolute Gasteiger partial charge is 0.472 e. The lowest BCUT2D eigenvalue weighted by Gasteiger charge is -2.26. The molecule has 0 aliphatic rings. The summed E-state index contributed by atoms with van der Waals surface area (Å²) in [5.74, 6) is -0.138. The summed E-state index contributed by atoms with van der Waals surface area (Å²) in [6.45, 7) is 4.93. The molecule has 68 heavy (non-hydrogen) atoms. The highest BCUT2D eigenvalue weighted by Crippen LogP contribution is 2.43. The summed E-state index contributed by atoms with van der Waals surface area (Å²) >= 11 is 0. The maximum absolute atomic E-state index is 13.0. The number of nitrogens with one attached hydrogen (secondary N) is 1. The predicted octanol–water partition coefficient (Wildman–Crippen LogP) is 18.2. The summed E-state index contributed by atoms with van der Waals surface area (Å²) in [5.41, 5.74) is 0. The van der Waals surface area contributed by atoms with Crippen molar-refractivity contribution in [1.29, 1.82) is 0 Å². The van der Waals surface area contributed by atoms with Gasteiger partial charge < -0.3 is 19.8 Å². The fourth-order valence-electron chi connectivity index (χ4n) is 9.28. The second-order valence-electron chi connectivity index (χ2n) is 22.1. The van der Waals surface area contributed by atoms with Gasteiger partial charge in [-0.15, -0.1) is 0 Å². The fraction of sp³-hybridized carbons (Fsp3) is 0.949. The molecule has 0 aromatic heterocycles. The minimum Gasteiger partial charge on any atom is -0.391 e. The highest BCUT2D eigenvalue weighted by molar-refractivity contribution is 7.47. The Morgan fingerprint density at radius 3 is 1.13 bits per heavy atom. The number of nitrogens with zero attached hydrogens (tertiary/aromatic N) is 1. The van der Waals surface area contributed by atoms with Crippen molar-refractivity contribution in [2.24, 2.45) is 0 Å². The molecule has 0 aliphatic heterocycles. The number of carbonyl (C=O) groups is 1. The Bertz CT molecular complexity index is 1120. The van der Waals surface area contributed by atoms with Crippen LogP contribution in [0.15, 0.2) is 12.2 Å². The number of rotatable bonds is 56. The minimum absolute atomic E-state index is 0.0780. The van der Waals surface area contributed by atoms with Crippen LogP contribution in [0.2, 0.25) is 0 Å². The van der Waals surface area contributed by atoms with Gasteiger partial charge in [-0.05, 0) is 38.5 Å². The number of allylic oxidation sites excluding steroid dienone is 2. The Morgan fingerprint density at radius 1 is 0.485 bits per heavy atom. The van der Waals surface area contributed by atoms with Crippen molar-refractivity contribution >= 4 is 13.7 Å². The lowest BCUT2D eigenvalue weighted by molar-refractivity contribution is -0.870. The van der Waals surface area contributed by atoms with Gasteiger partial charge in [0.1, 0.15) is 13.2 Å². The molecule has 9 heteroatoms. The predicted molar refractivity (Wildman–Crippen MR) is 295 cm³/mol. The Balaban J connectivity index is 3.99. The molecule has 3 unspecified atom stereocenters. The van der Waals surface area contributed by atoms with E-state index in [-0.39, 0.29) is 19.1 Å². The monoisotopic (exact) mass is 984 g/mol. The van der Waals surface area contributed by atoms with Crippen molar-refractivity contribution in [1.82, 2.24) is 5.32 Å². The van der Waals surface area contributed by atoms with Crippen molar-refractivity contribution in [3.8, 4) is 0 Å². The van der Waals surface area contributed by atoms with Crippen LogP contribution in [-0.2, 0) is 18.4 Å². The zero-order valence-electron chi connectivity index (χ0n) is 46.4. The third-order valence-corrected chi connectivity index (χ3v) is 15.0. The van der Waals surface area contributed by atoms with Gasteiger partial charge >= 0.3 is 7.82 Å². The summed E-state index contributed by atoms with van der Waals surface area (Å²) in [7, 11) is 1.63. The number of unbranched alkanes of at least 4 members (excludes halogenated alkanes) is 41. The molecule has 0 aromatic rings. The van der Waals surface area contributed by atoms with Crippen LogP contribution < -0.4 is 5.32 Å². The highest BCUT2D eigenvalue weighted by Gasteiger charge is 2.28. The van der Waals surface area contributed by atoms with Gasteiger partial charge in [-0.3, -0.25) is 13.8 Å². The molecule has 0 saturated heterocycles. The fourth-order valence-corrected chi connectivity index (χ4v) is 10.0. The van der Waals surface area contributed by atoms with Gasteiger partial charge in [0.2, 0.25) is 5.91 Å². The minimum atomic E-state index is -4.32. The third-order valence-electron chi connectivity index (χ3n) is 14.0. The van der Waals surface area contributed by atoms with Gasteiger partial charge in [0.25, 0.3) is 0 Å². The van der Waals surface area contributed by atoms with Crippen molar-refractivity contribution < 1.29 is 32.9 Å². The molecule has 0 fully saturated rings. The average Bonchev–Trinajstić information content (AvgIpc) is 3.30. The maximum atomic E-state index is 13.0.